The molecule has 0 aromatic rings. The first-order valence-electron chi connectivity index (χ1n) is 3.69. The van der Waals surface area contributed by atoms with Crippen LogP contribution in [-0.2, 0) is 9.47 Å². The van der Waals surface area contributed by atoms with Crippen LogP contribution in [0.4, 0.5) is 0 Å². The fourth-order valence-corrected chi connectivity index (χ4v) is 1.00. The number of hydrogen-bond donors (Lipinski definition) is 2. The fraction of sp³-hybridized carbons (Fsp3) is 0.571. The molecule has 0 spiro atoms. The molecule has 1 aliphatic rings. The van der Waals surface area contributed by atoms with Crippen molar-refractivity contribution in [3.8, 4) is 0 Å². The van der Waals surface area contributed by atoms with E-state index in [1.54, 1.807) is 0 Å². The Balaban J connectivity index is 2.57. The highest BCUT2D eigenvalue weighted by Crippen LogP contribution is 2.15. The SMILES string of the molecule is COCN1[CH-][N+](COC)=C(O)[C-]1O. The number of nitrogens with zero attached hydrogens (tertiary/aromatic N) is 2. The van der Waals surface area contributed by atoms with Crippen molar-refractivity contribution in [2.45, 2.75) is 0 Å². The first-order valence-corrected chi connectivity index (χ1v) is 3.69. The van der Waals surface area contributed by atoms with Gasteiger partial charge in [-0.1, -0.05) is 0 Å². The highest BCUT2D eigenvalue weighted by molar-refractivity contribution is 5.82. The number of rotatable bonds is 4. The second-order valence-electron chi connectivity index (χ2n) is 2.54. The molecule has 6 heteroatoms. The summed E-state index contributed by atoms with van der Waals surface area (Å²) in [4.78, 5) is 1.36. The molecule has 0 aromatic heterocycles. The first kappa shape index (κ1) is 10.1. The summed E-state index contributed by atoms with van der Waals surface area (Å²) in [6.07, 6.45) is -0.237. The Bertz CT molecular complexity index is 207. The van der Waals surface area contributed by atoms with Gasteiger partial charge < -0.3 is 29.2 Å². The van der Waals surface area contributed by atoms with Crippen LogP contribution in [0.1, 0.15) is 0 Å². The summed E-state index contributed by atoms with van der Waals surface area (Å²) in [5, 5.41) is 18.7. The summed E-state index contributed by atoms with van der Waals surface area (Å²) in [7, 11) is 2.99. The van der Waals surface area contributed by atoms with Crippen molar-refractivity contribution >= 4 is 5.90 Å². The van der Waals surface area contributed by atoms with E-state index < -0.39 is 0 Å². The van der Waals surface area contributed by atoms with E-state index in [0.717, 1.165) is 0 Å². The maximum atomic E-state index is 9.33. The van der Waals surface area contributed by atoms with Gasteiger partial charge in [-0.15, -0.1) is 0 Å². The minimum absolute atomic E-state index is 0.177. The Morgan fingerprint density at radius 1 is 1.54 bits per heavy atom. The van der Waals surface area contributed by atoms with Gasteiger partial charge in [0.25, 0.3) is 0 Å². The third kappa shape index (κ3) is 2.04. The minimum atomic E-state index is -0.237. The van der Waals surface area contributed by atoms with Gasteiger partial charge in [0.1, 0.15) is 0 Å². The summed E-state index contributed by atoms with van der Waals surface area (Å²) >= 11 is 0. The predicted molar refractivity (Wildman–Crippen MR) is 43.0 cm³/mol. The van der Waals surface area contributed by atoms with Gasteiger partial charge in [-0.25, -0.2) is 0 Å². The van der Waals surface area contributed by atoms with Gasteiger partial charge in [0.15, 0.2) is 0 Å². The maximum absolute atomic E-state index is 9.33. The lowest BCUT2D eigenvalue weighted by Gasteiger charge is -2.33. The molecule has 1 heterocycles. The highest BCUT2D eigenvalue weighted by atomic mass is 16.5. The monoisotopic (exact) mass is 189 g/mol. The molecular formula is C7H13N2O4-. The van der Waals surface area contributed by atoms with Crippen molar-refractivity contribution in [2.75, 3.05) is 27.7 Å². The summed E-state index contributed by atoms with van der Waals surface area (Å²) in [6, 6.07) is 0. The van der Waals surface area contributed by atoms with Crippen LogP contribution in [-0.4, -0.2) is 53.3 Å². The van der Waals surface area contributed by atoms with E-state index in [-0.39, 0.29) is 25.6 Å². The van der Waals surface area contributed by atoms with Crippen molar-refractivity contribution in [3.63, 3.8) is 0 Å². The molecule has 0 atom stereocenters. The van der Waals surface area contributed by atoms with Gasteiger partial charge in [0.05, 0.1) is 19.3 Å². The molecule has 0 fully saturated rings. The van der Waals surface area contributed by atoms with Crippen molar-refractivity contribution < 1.29 is 24.3 Å². The van der Waals surface area contributed by atoms with Crippen LogP contribution in [0.25, 0.3) is 0 Å². The second-order valence-corrected chi connectivity index (χ2v) is 2.54. The zero-order chi connectivity index (χ0) is 9.84. The molecule has 0 radical (unpaired) electrons. The molecule has 0 bridgehead atoms. The van der Waals surface area contributed by atoms with Crippen molar-refractivity contribution in [1.82, 2.24) is 4.90 Å². The number of aliphatic hydroxyl groups excluding tert-OH is 2. The summed E-state index contributed by atoms with van der Waals surface area (Å²) in [6.45, 7) is 1.85. The zero-order valence-corrected chi connectivity index (χ0v) is 7.60. The topological polar surface area (TPSA) is 65.2 Å². The quantitative estimate of drug-likeness (QED) is 0.459. The minimum Gasteiger partial charge on any atom is -0.567 e. The molecule has 0 saturated heterocycles. The molecular weight excluding hydrogens is 176 g/mol. The molecule has 0 aromatic carbocycles. The lowest BCUT2D eigenvalue weighted by Crippen LogP contribution is -2.27. The number of methoxy groups -OCH3 is 2. The van der Waals surface area contributed by atoms with Gasteiger partial charge in [-0.2, -0.15) is 6.23 Å². The number of ether oxygens (including phenoxy) is 2. The molecule has 0 aliphatic carbocycles. The van der Waals surface area contributed by atoms with Crippen LogP contribution in [0, 0.1) is 12.9 Å². The Labute approximate surface area is 76.6 Å². The molecule has 0 amide bonds. The summed E-state index contributed by atoms with van der Waals surface area (Å²) in [5.41, 5.74) is 0. The van der Waals surface area contributed by atoms with Crippen LogP contribution < -0.4 is 0 Å². The van der Waals surface area contributed by atoms with Gasteiger partial charge in [0, 0.05) is 14.2 Å². The van der Waals surface area contributed by atoms with Gasteiger partial charge in [-0.3, -0.25) is 0 Å². The van der Waals surface area contributed by atoms with Gasteiger partial charge in [0.2, 0.25) is 6.73 Å². The Kier molecular flexibility index (Phi) is 3.38. The van der Waals surface area contributed by atoms with Crippen molar-refractivity contribution in [2.24, 2.45) is 0 Å². The van der Waals surface area contributed by atoms with E-state index in [1.165, 1.54) is 30.4 Å². The van der Waals surface area contributed by atoms with Crippen LogP contribution >= 0.6 is 0 Å². The molecule has 2 N–H and O–H groups in total. The fourth-order valence-electron chi connectivity index (χ4n) is 1.00. The Hall–Kier alpha value is -0.950. The van der Waals surface area contributed by atoms with Crippen molar-refractivity contribution in [3.05, 3.63) is 12.9 Å². The normalized spacial score (nSPS) is 18.2. The van der Waals surface area contributed by atoms with Crippen LogP contribution in [0.3, 0.4) is 0 Å². The Morgan fingerprint density at radius 3 is 2.77 bits per heavy atom. The van der Waals surface area contributed by atoms with E-state index >= 15 is 0 Å². The highest BCUT2D eigenvalue weighted by Gasteiger charge is 2.16. The molecule has 6 nitrogen and oxygen atoms in total. The van der Waals surface area contributed by atoms with Gasteiger partial charge in [-0.05, 0) is 0 Å². The zero-order valence-electron chi connectivity index (χ0n) is 7.60. The first-order chi connectivity index (χ1) is 6.20. The smallest absolute Gasteiger partial charge is 0.222 e. The van der Waals surface area contributed by atoms with Crippen LogP contribution in [0.5, 0.6) is 0 Å². The van der Waals surface area contributed by atoms with Crippen LogP contribution in [0.2, 0.25) is 0 Å². The number of aliphatic hydroxyl groups is 2. The third-order valence-electron chi connectivity index (χ3n) is 1.56. The standard InChI is InChI=1S/C7H13N2O4/c1-12-4-8-3-9(5-13-2)7(11)6(8)10/h3,10-11H,4-5H2,1-2H3/q-1. The summed E-state index contributed by atoms with van der Waals surface area (Å²) in [5.74, 6) is -0.237. The van der Waals surface area contributed by atoms with E-state index in [0.29, 0.717) is 0 Å². The molecule has 0 unspecified atom stereocenters. The predicted octanol–water partition coefficient (Wildman–Crippen LogP) is -0.540. The van der Waals surface area contributed by atoms with Crippen LogP contribution in [0.15, 0.2) is 0 Å². The van der Waals surface area contributed by atoms with Crippen molar-refractivity contribution in [1.29, 1.82) is 0 Å². The molecule has 13 heavy (non-hydrogen) atoms. The lowest BCUT2D eigenvalue weighted by molar-refractivity contribution is -0.541. The molecule has 0 saturated carbocycles. The largest absolute Gasteiger partial charge is 0.567 e. The van der Waals surface area contributed by atoms with E-state index in [1.807, 2.05) is 0 Å². The Morgan fingerprint density at radius 2 is 2.23 bits per heavy atom. The number of hydrogen-bond acceptors (Lipinski definition) is 4. The average molecular weight is 189 g/mol. The summed E-state index contributed by atoms with van der Waals surface area (Å²) < 4.78 is 10.9. The van der Waals surface area contributed by atoms with E-state index in [2.05, 4.69) is 0 Å². The lowest BCUT2D eigenvalue weighted by atomic mass is 10.5. The second kappa shape index (κ2) is 4.33. The maximum Gasteiger partial charge on any atom is 0.222 e. The average Bonchev–Trinajstić information content (AvgIpc) is 2.36. The van der Waals surface area contributed by atoms with E-state index in [9.17, 15) is 10.2 Å². The van der Waals surface area contributed by atoms with E-state index in [4.69, 9.17) is 9.47 Å². The van der Waals surface area contributed by atoms with Gasteiger partial charge >= 0.3 is 0 Å². The third-order valence-corrected chi connectivity index (χ3v) is 1.56. The molecule has 1 aliphatic heterocycles. The molecule has 1 rings (SSSR count). The molecule has 76 valence electrons.